The van der Waals surface area contributed by atoms with E-state index in [0.717, 1.165) is 24.0 Å². The number of rotatable bonds is 5. The van der Waals surface area contributed by atoms with Gasteiger partial charge in [0.15, 0.2) is 0 Å². The lowest BCUT2D eigenvalue weighted by molar-refractivity contribution is 0.551. The Bertz CT molecular complexity index is 792. The maximum absolute atomic E-state index is 13.1. The second-order valence-corrected chi connectivity index (χ2v) is 8.10. The predicted molar refractivity (Wildman–Crippen MR) is 88.2 cm³/mol. The molecule has 2 aromatic carbocycles. The lowest BCUT2D eigenvalue weighted by atomic mass is 10.0. The van der Waals surface area contributed by atoms with E-state index in [-0.39, 0.29) is 10.7 Å². The van der Waals surface area contributed by atoms with E-state index >= 15 is 0 Å². The summed E-state index contributed by atoms with van der Waals surface area (Å²) >= 11 is 0. The Morgan fingerprint density at radius 3 is 2.04 bits per heavy atom. The van der Waals surface area contributed by atoms with Crippen LogP contribution in [0.2, 0.25) is 0 Å². The second kappa shape index (κ2) is 5.73. The quantitative estimate of drug-likeness (QED) is 0.901. The van der Waals surface area contributed by atoms with Crippen LogP contribution >= 0.6 is 0 Å². The van der Waals surface area contributed by atoms with Gasteiger partial charge < -0.3 is 0 Å². The van der Waals surface area contributed by atoms with Crippen molar-refractivity contribution in [2.75, 3.05) is 0 Å². The van der Waals surface area contributed by atoms with Gasteiger partial charge >= 0.3 is 0 Å². The van der Waals surface area contributed by atoms with Gasteiger partial charge in [0.1, 0.15) is 5.82 Å². The molecular formula is C18H20FNO2S. The van der Waals surface area contributed by atoms with Gasteiger partial charge in [0.25, 0.3) is 0 Å². The summed E-state index contributed by atoms with van der Waals surface area (Å²) in [5.74, 6) is 0.0328. The van der Waals surface area contributed by atoms with Crippen LogP contribution in [-0.2, 0) is 15.6 Å². The van der Waals surface area contributed by atoms with Crippen molar-refractivity contribution in [3.05, 3.63) is 65.5 Å². The third kappa shape index (κ3) is 3.31. The van der Waals surface area contributed by atoms with Crippen molar-refractivity contribution in [3.63, 3.8) is 0 Å². The van der Waals surface area contributed by atoms with Crippen LogP contribution in [0.5, 0.6) is 0 Å². The Hall–Kier alpha value is -1.72. The third-order valence-corrected chi connectivity index (χ3v) is 5.89. The zero-order valence-corrected chi connectivity index (χ0v) is 14.0. The highest BCUT2D eigenvalue weighted by molar-refractivity contribution is 7.89. The molecule has 3 nitrogen and oxygen atoms in total. The minimum Gasteiger partial charge on any atom is -0.207 e. The van der Waals surface area contributed by atoms with Gasteiger partial charge in [-0.15, -0.1) is 0 Å². The monoisotopic (exact) mass is 333 g/mol. The lowest BCUT2D eigenvalue weighted by Crippen LogP contribution is -2.34. The molecule has 1 saturated carbocycles. The molecule has 0 amide bonds. The van der Waals surface area contributed by atoms with Gasteiger partial charge in [-0.1, -0.05) is 38.1 Å². The summed E-state index contributed by atoms with van der Waals surface area (Å²) in [6, 6.07) is 13.0. The van der Waals surface area contributed by atoms with E-state index in [0.29, 0.717) is 5.92 Å². The number of sulfonamides is 1. The van der Waals surface area contributed by atoms with Crippen LogP contribution in [0.25, 0.3) is 0 Å². The maximum Gasteiger partial charge on any atom is 0.241 e. The van der Waals surface area contributed by atoms with Crippen LogP contribution in [0.15, 0.2) is 53.4 Å². The normalized spacial score (nSPS) is 16.5. The molecule has 3 rings (SSSR count). The molecule has 0 aromatic heterocycles. The van der Waals surface area contributed by atoms with Gasteiger partial charge in [-0.3, -0.25) is 0 Å². The summed E-state index contributed by atoms with van der Waals surface area (Å²) in [7, 11) is -3.60. The van der Waals surface area contributed by atoms with Crippen molar-refractivity contribution in [2.24, 2.45) is 0 Å². The minimum atomic E-state index is -3.60. The largest absolute Gasteiger partial charge is 0.241 e. The molecule has 1 N–H and O–H groups in total. The molecule has 122 valence electrons. The van der Waals surface area contributed by atoms with Crippen LogP contribution in [0, 0.1) is 5.82 Å². The molecule has 1 aliphatic carbocycles. The molecule has 0 radical (unpaired) electrons. The summed E-state index contributed by atoms with van der Waals surface area (Å²) in [6.45, 7) is 4.13. The Morgan fingerprint density at radius 1 is 1.00 bits per heavy atom. The third-order valence-electron chi connectivity index (χ3n) is 4.33. The second-order valence-electron chi connectivity index (χ2n) is 6.42. The Kier molecular flexibility index (Phi) is 4.02. The summed E-state index contributed by atoms with van der Waals surface area (Å²) in [5, 5.41) is 0. The molecule has 0 bridgehead atoms. The standard InChI is InChI=1S/C18H20FNO2S/c1-13(2)14-3-9-17(10-4-14)23(21,22)20-18(11-12-18)15-5-7-16(19)8-6-15/h3-10,13,20H,11-12H2,1-2H3. The molecule has 1 aliphatic rings. The minimum absolute atomic E-state index is 0.260. The molecule has 0 saturated heterocycles. The molecule has 0 unspecified atom stereocenters. The van der Waals surface area contributed by atoms with Crippen LogP contribution in [0.1, 0.15) is 43.7 Å². The van der Waals surface area contributed by atoms with E-state index < -0.39 is 15.6 Å². The molecule has 2 aromatic rings. The molecule has 0 atom stereocenters. The SMILES string of the molecule is CC(C)c1ccc(S(=O)(=O)NC2(c3ccc(F)cc3)CC2)cc1. The van der Waals surface area contributed by atoms with Crippen molar-refractivity contribution in [2.45, 2.75) is 43.0 Å². The van der Waals surface area contributed by atoms with Crippen molar-refractivity contribution in [1.29, 1.82) is 0 Å². The van der Waals surface area contributed by atoms with Gasteiger partial charge in [-0.2, -0.15) is 0 Å². The highest BCUT2D eigenvalue weighted by atomic mass is 32.2. The highest BCUT2D eigenvalue weighted by Gasteiger charge is 2.47. The van der Waals surface area contributed by atoms with Crippen LogP contribution in [-0.4, -0.2) is 8.42 Å². The van der Waals surface area contributed by atoms with Crippen LogP contribution in [0.4, 0.5) is 4.39 Å². The first-order chi connectivity index (χ1) is 10.8. The van der Waals surface area contributed by atoms with Gasteiger partial charge in [-0.05, 0) is 54.2 Å². The van der Waals surface area contributed by atoms with E-state index in [2.05, 4.69) is 18.6 Å². The first-order valence-corrected chi connectivity index (χ1v) is 9.21. The van der Waals surface area contributed by atoms with Gasteiger partial charge in [0.2, 0.25) is 10.0 Å². The van der Waals surface area contributed by atoms with Crippen molar-refractivity contribution >= 4 is 10.0 Å². The van der Waals surface area contributed by atoms with Crippen molar-refractivity contribution in [3.8, 4) is 0 Å². The summed E-state index contributed by atoms with van der Waals surface area (Å²) < 4.78 is 41.1. The fourth-order valence-corrected chi connectivity index (χ4v) is 4.14. The van der Waals surface area contributed by atoms with Crippen LogP contribution < -0.4 is 4.72 Å². The first kappa shape index (κ1) is 16.1. The number of hydrogen-bond acceptors (Lipinski definition) is 2. The van der Waals surface area contributed by atoms with E-state index in [4.69, 9.17) is 0 Å². The van der Waals surface area contributed by atoms with E-state index in [1.54, 1.807) is 24.3 Å². The molecule has 1 fully saturated rings. The van der Waals surface area contributed by atoms with E-state index in [1.165, 1.54) is 12.1 Å². The fourth-order valence-electron chi connectivity index (χ4n) is 2.69. The van der Waals surface area contributed by atoms with Gasteiger partial charge in [0.05, 0.1) is 10.4 Å². The van der Waals surface area contributed by atoms with E-state index in [1.807, 2.05) is 12.1 Å². The summed E-state index contributed by atoms with van der Waals surface area (Å²) in [4.78, 5) is 0.260. The molecule has 5 heteroatoms. The smallest absolute Gasteiger partial charge is 0.207 e. The number of hydrogen-bond donors (Lipinski definition) is 1. The molecule has 0 heterocycles. The first-order valence-electron chi connectivity index (χ1n) is 7.72. The zero-order chi connectivity index (χ0) is 16.7. The molecule has 23 heavy (non-hydrogen) atoms. The van der Waals surface area contributed by atoms with Gasteiger partial charge in [0, 0.05) is 0 Å². The number of benzene rings is 2. The predicted octanol–water partition coefficient (Wildman–Crippen LogP) is 3.92. The Labute approximate surface area is 136 Å². The summed E-state index contributed by atoms with van der Waals surface area (Å²) in [6.07, 6.45) is 1.45. The van der Waals surface area contributed by atoms with Crippen molar-refractivity contribution in [1.82, 2.24) is 4.72 Å². The van der Waals surface area contributed by atoms with Gasteiger partial charge in [-0.25, -0.2) is 17.5 Å². The molecule has 0 spiro atoms. The van der Waals surface area contributed by atoms with Crippen LogP contribution in [0.3, 0.4) is 0 Å². The molecular weight excluding hydrogens is 313 g/mol. The molecule has 0 aliphatic heterocycles. The maximum atomic E-state index is 13.1. The zero-order valence-electron chi connectivity index (χ0n) is 13.2. The number of halogens is 1. The number of nitrogens with one attached hydrogen (secondary N) is 1. The topological polar surface area (TPSA) is 46.2 Å². The van der Waals surface area contributed by atoms with E-state index in [9.17, 15) is 12.8 Å². The fraction of sp³-hybridized carbons (Fsp3) is 0.333. The highest BCUT2D eigenvalue weighted by Crippen LogP contribution is 2.46. The lowest BCUT2D eigenvalue weighted by Gasteiger charge is -2.18. The average Bonchev–Trinajstić information content (AvgIpc) is 3.28. The Morgan fingerprint density at radius 2 is 1.57 bits per heavy atom. The average molecular weight is 333 g/mol. The Balaban J connectivity index is 1.84. The van der Waals surface area contributed by atoms with Crippen molar-refractivity contribution < 1.29 is 12.8 Å². The summed E-state index contributed by atoms with van der Waals surface area (Å²) in [5.41, 5.74) is 1.31.